The summed E-state index contributed by atoms with van der Waals surface area (Å²) in [6.45, 7) is 1.47. The second kappa shape index (κ2) is 4.62. The summed E-state index contributed by atoms with van der Waals surface area (Å²) in [7, 11) is 0. The van der Waals surface area contributed by atoms with Crippen LogP contribution in [0.15, 0.2) is 18.2 Å². The second-order valence-electron chi connectivity index (χ2n) is 3.18. The first kappa shape index (κ1) is 12.7. The first-order chi connectivity index (χ1) is 7.34. The van der Waals surface area contributed by atoms with Gasteiger partial charge in [0, 0.05) is 10.7 Å². The molecule has 1 aromatic rings. The van der Waals surface area contributed by atoms with Crippen molar-refractivity contribution in [3.05, 3.63) is 28.8 Å². The van der Waals surface area contributed by atoms with E-state index >= 15 is 0 Å². The number of anilines is 1. The van der Waals surface area contributed by atoms with E-state index in [-0.39, 0.29) is 10.7 Å². The highest BCUT2D eigenvalue weighted by atomic mass is 35.5. The van der Waals surface area contributed by atoms with Crippen molar-refractivity contribution in [1.29, 1.82) is 5.26 Å². The average Bonchev–Trinajstić information content (AvgIpc) is 2.19. The molecule has 0 radical (unpaired) electrons. The SMILES string of the molecule is CC(C#N)Nc1ccc(Cl)cc1C(F)(F)F. The highest BCUT2D eigenvalue weighted by Gasteiger charge is 2.34. The van der Waals surface area contributed by atoms with Gasteiger partial charge in [-0.25, -0.2) is 0 Å². The van der Waals surface area contributed by atoms with E-state index in [1.54, 1.807) is 6.07 Å². The molecule has 1 rings (SSSR count). The van der Waals surface area contributed by atoms with Crippen molar-refractivity contribution < 1.29 is 13.2 Å². The van der Waals surface area contributed by atoms with Crippen molar-refractivity contribution in [1.82, 2.24) is 0 Å². The number of rotatable bonds is 2. The first-order valence-corrected chi connectivity index (χ1v) is 4.75. The van der Waals surface area contributed by atoms with Crippen LogP contribution in [0.5, 0.6) is 0 Å². The van der Waals surface area contributed by atoms with Crippen LogP contribution >= 0.6 is 11.6 Å². The van der Waals surface area contributed by atoms with Crippen LogP contribution in [0.3, 0.4) is 0 Å². The summed E-state index contributed by atoms with van der Waals surface area (Å²) in [5, 5.41) is 11.0. The lowest BCUT2D eigenvalue weighted by molar-refractivity contribution is -0.136. The maximum absolute atomic E-state index is 12.6. The summed E-state index contributed by atoms with van der Waals surface area (Å²) < 4.78 is 37.8. The van der Waals surface area contributed by atoms with E-state index in [1.807, 2.05) is 0 Å². The van der Waals surface area contributed by atoms with Gasteiger partial charge in [-0.05, 0) is 25.1 Å². The van der Waals surface area contributed by atoms with Gasteiger partial charge in [0.15, 0.2) is 0 Å². The predicted molar refractivity (Wildman–Crippen MR) is 55.2 cm³/mol. The lowest BCUT2D eigenvalue weighted by Crippen LogP contribution is -2.17. The smallest absolute Gasteiger partial charge is 0.370 e. The molecule has 0 aliphatic carbocycles. The fourth-order valence-electron chi connectivity index (χ4n) is 1.14. The molecule has 86 valence electrons. The molecule has 0 saturated heterocycles. The van der Waals surface area contributed by atoms with Crippen LogP contribution in [0.4, 0.5) is 18.9 Å². The molecular formula is C10H8ClF3N2. The van der Waals surface area contributed by atoms with E-state index in [0.717, 1.165) is 6.07 Å². The molecular weight excluding hydrogens is 241 g/mol. The number of benzene rings is 1. The fourth-order valence-corrected chi connectivity index (χ4v) is 1.31. The van der Waals surface area contributed by atoms with E-state index in [2.05, 4.69) is 5.32 Å². The van der Waals surface area contributed by atoms with Gasteiger partial charge in [-0.15, -0.1) is 0 Å². The van der Waals surface area contributed by atoms with Gasteiger partial charge < -0.3 is 5.32 Å². The van der Waals surface area contributed by atoms with E-state index in [9.17, 15) is 13.2 Å². The second-order valence-corrected chi connectivity index (χ2v) is 3.62. The molecule has 0 bridgehead atoms. The van der Waals surface area contributed by atoms with Crippen LogP contribution in [0.25, 0.3) is 0 Å². The largest absolute Gasteiger partial charge is 0.418 e. The number of alkyl halides is 3. The third-order valence-electron chi connectivity index (χ3n) is 1.85. The maximum atomic E-state index is 12.6. The van der Waals surface area contributed by atoms with Crippen LogP contribution in [0.2, 0.25) is 5.02 Å². The molecule has 1 atom stereocenters. The minimum Gasteiger partial charge on any atom is -0.370 e. The highest BCUT2D eigenvalue weighted by molar-refractivity contribution is 6.30. The molecule has 0 aliphatic rings. The molecule has 1 unspecified atom stereocenters. The zero-order chi connectivity index (χ0) is 12.3. The van der Waals surface area contributed by atoms with E-state index in [1.165, 1.54) is 19.1 Å². The van der Waals surface area contributed by atoms with Crippen molar-refractivity contribution in [3.8, 4) is 6.07 Å². The van der Waals surface area contributed by atoms with Gasteiger partial charge in [0.2, 0.25) is 0 Å². The maximum Gasteiger partial charge on any atom is 0.418 e. The van der Waals surface area contributed by atoms with Crippen LogP contribution in [0.1, 0.15) is 12.5 Å². The summed E-state index contributed by atoms with van der Waals surface area (Å²) in [4.78, 5) is 0. The summed E-state index contributed by atoms with van der Waals surface area (Å²) in [5.41, 5.74) is -1.02. The van der Waals surface area contributed by atoms with Gasteiger partial charge in [-0.1, -0.05) is 11.6 Å². The average molecular weight is 249 g/mol. The molecule has 0 spiro atoms. The Hall–Kier alpha value is -1.41. The Labute approximate surface area is 95.6 Å². The van der Waals surface area contributed by atoms with Crippen molar-refractivity contribution in [2.45, 2.75) is 19.1 Å². The van der Waals surface area contributed by atoms with Crippen LogP contribution < -0.4 is 5.32 Å². The Balaban J connectivity index is 3.14. The number of halogens is 4. The van der Waals surface area contributed by atoms with Gasteiger partial charge in [0.25, 0.3) is 0 Å². The molecule has 1 aromatic carbocycles. The minimum absolute atomic E-state index is 0.00230. The van der Waals surface area contributed by atoms with E-state index in [0.29, 0.717) is 0 Å². The summed E-state index contributed by atoms with van der Waals surface area (Å²) in [6.07, 6.45) is -4.50. The fraction of sp³-hybridized carbons (Fsp3) is 0.300. The lowest BCUT2D eigenvalue weighted by Gasteiger charge is -2.15. The summed E-state index contributed by atoms with van der Waals surface area (Å²) in [6, 6.07) is 4.46. The number of hydrogen-bond acceptors (Lipinski definition) is 2. The number of nitrogens with one attached hydrogen (secondary N) is 1. The number of hydrogen-bond donors (Lipinski definition) is 1. The van der Waals surface area contributed by atoms with Crippen LogP contribution in [-0.4, -0.2) is 6.04 Å². The molecule has 2 nitrogen and oxygen atoms in total. The standard InChI is InChI=1S/C10H8ClF3N2/c1-6(5-15)16-9-3-2-7(11)4-8(9)10(12,13)14/h2-4,6,16H,1H3. The Morgan fingerprint density at radius 3 is 2.56 bits per heavy atom. The molecule has 0 aromatic heterocycles. The van der Waals surface area contributed by atoms with Crippen LogP contribution in [-0.2, 0) is 6.18 Å². The zero-order valence-corrected chi connectivity index (χ0v) is 9.02. The summed E-state index contributed by atoms with van der Waals surface area (Å²) >= 11 is 5.50. The van der Waals surface area contributed by atoms with Crippen molar-refractivity contribution in [2.24, 2.45) is 0 Å². The minimum atomic E-state index is -4.50. The first-order valence-electron chi connectivity index (χ1n) is 4.37. The van der Waals surface area contributed by atoms with Gasteiger partial charge in [0.1, 0.15) is 6.04 Å². The lowest BCUT2D eigenvalue weighted by atomic mass is 10.1. The van der Waals surface area contributed by atoms with Gasteiger partial charge in [-0.3, -0.25) is 0 Å². The predicted octanol–water partition coefficient (Wildman–Crippen LogP) is 3.68. The molecule has 0 aliphatic heterocycles. The van der Waals surface area contributed by atoms with E-state index < -0.39 is 17.8 Å². The van der Waals surface area contributed by atoms with Crippen LogP contribution in [0, 0.1) is 11.3 Å². The Bertz CT molecular complexity index is 423. The zero-order valence-electron chi connectivity index (χ0n) is 8.27. The number of nitrogens with zero attached hydrogens (tertiary/aromatic N) is 1. The van der Waals surface area contributed by atoms with Crippen molar-refractivity contribution in [2.75, 3.05) is 5.32 Å². The normalized spacial score (nSPS) is 13.0. The molecule has 0 fully saturated rings. The topological polar surface area (TPSA) is 35.8 Å². The molecule has 0 saturated carbocycles. The molecule has 0 heterocycles. The van der Waals surface area contributed by atoms with E-state index in [4.69, 9.17) is 16.9 Å². The monoisotopic (exact) mass is 248 g/mol. The third kappa shape index (κ3) is 3.04. The van der Waals surface area contributed by atoms with Gasteiger partial charge in [0.05, 0.1) is 11.6 Å². The summed E-state index contributed by atoms with van der Waals surface area (Å²) in [5.74, 6) is 0. The molecule has 6 heteroatoms. The highest BCUT2D eigenvalue weighted by Crippen LogP contribution is 2.36. The molecule has 16 heavy (non-hydrogen) atoms. The quantitative estimate of drug-likeness (QED) is 0.867. The Kier molecular flexibility index (Phi) is 3.66. The van der Waals surface area contributed by atoms with Crippen molar-refractivity contribution in [3.63, 3.8) is 0 Å². The molecule has 0 amide bonds. The van der Waals surface area contributed by atoms with Gasteiger partial charge >= 0.3 is 6.18 Å². The van der Waals surface area contributed by atoms with Gasteiger partial charge in [-0.2, -0.15) is 18.4 Å². The number of nitriles is 1. The molecule has 1 N–H and O–H groups in total. The van der Waals surface area contributed by atoms with Crippen molar-refractivity contribution >= 4 is 17.3 Å². The Morgan fingerprint density at radius 2 is 2.06 bits per heavy atom. The third-order valence-corrected chi connectivity index (χ3v) is 2.09. The Morgan fingerprint density at radius 1 is 1.44 bits per heavy atom.